The summed E-state index contributed by atoms with van der Waals surface area (Å²) in [6.07, 6.45) is 6.58. The molecule has 100 valence electrons. The number of nitrogens with zero attached hydrogens (tertiary/aromatic N) is 2. The highest BCUT2D eigenvalue weighted by molar-refractivity contribution is 7.83. The van der Waals surface area contributed by atoms with Crippen molar-refractivity contribution in [2.75, 3.05) is 19.6 Å². The Bertz CT molecular complexity index is 420. The molecular weight excluding hydrogens is 252 g/mol. The first kappa shape index (κ1) is 13.3. The van der Waals surface area contributed by atoms with Gasteiger partial charge in [-0.1, -0.05) is 19.1 Å². The zero-order valence-electron chi connectivity index (χ0n) is 10.4. The molecule has 0 aromatic heterocycles. The van der Waals surface area contributed by atoms with E-state index in [4.69, 9.17) is 0 Å². The summed E-state index contributed by atoms with van der Waals surface area (Å²) >= 11 is -2.18. The summed E-state index contributed by atoms with van der Waals surface area (Å²) in [5, 5.41) is 0. The van der Waals surface area contributed by atoms with Crippen LogP contribution in [0, 0.1) is 0 Å². The van der Waals surface area contributed by atoms with Crippen molar-refractivity contribution in [2.24, 2.45) is 0 Å². The minimum Gasteiger partial charge on any atom is -0.768 e. The van der Waals surface area contributed by atoms with Crippen LogP contribution in [0.25, 0.3) is 0 Å². The largest absolute Gasteiger partial charge is 0.768 e. The average molecular weight is 269 g/mol. The van der Waals surface area contributed by atoms with Gasteiger partial charge in [0.2, 0.25) is 0 Å². The summed E-state index contributed by atoms with van der Waals surface area (Å²) in [5.41, 5.74) is 0. The molecule has 2 rings (SSSR count). The predicted octanol–water partition coefficient (Wildman–Crippen LogP) is 1.23. The molecule has 1 fully saturated rings. The Morgan fingerprint density at radius 3 is 2.83 bits per heavy atom. The van der Waals surface area contributed by atoms with Crippen LogP contribution in [0.4, 0.5) is 4.79 Å². The van der Waals surface area contributed by atoms with Gasteiger partial charge < -0.3 is 14.4 Å². The molecule has 2 amide bonds. The third-order valence-corrected chi connectivity index (χ3v) is 3.94. The lowest BCUT2D eigenvalue weighted by atomic mass is 10.1. The number of hydrogen-bond donors (Lipinski definition) is 0. The number of urea groups is 1. The second-order valence-electron chi connectivity index (χ2n) is 4.47. The summed E-state index contributed by atoms with van der Waals surface area (Å²) < 4.78 is 21.6. The van der Waals surface area contributed by atoms with Crippen molar-refractivity contribution >= 4 is 17.1 Å². The van der Waals surface area contributed by atoms with Gasteiger partial charge in [0.1, 0.15) is 0 Å². The first-order valence-electron chi connectivity index (χ1n) is 6.16. The highest BCUT2D eigenvalue weighted by Gasteiger charge is 2.32. The van der Waals surface area contributed by atoms with Crippen molar-refractivity contribution in [1.82, 2.24) is 9.80 Å². The topological polar surface area (TPSA) is 63.7 Å². The molecule has 2 aliphatic rings. The van der Waals surface area contributed by atoms with Crippen LogP contribution in [-0.4, -0.2) is 50.3 Å². The first-order chi connectivity index (χ1) is 8.63. The van der Waals surface area contributed by atoms with Crippen LogP contribution in [0.1, 0.15) is 19.8 Å². The Morgan fingerprint density at radius 1 is 1.50 bits per heavy atom. The third kappa shape index (κ3) is 2.64. The standard InChI is InChI=1S/C12H18N2O3S/c1-2-7-13-8-9-14(12(13)15)10-3-5-11(6-4-10)18(16)17/h3,5-6,10H,2,4,7-9H2,1H3,(H,16,17)/p-1. The number of amides is 2. The van der Waals surface area contributed by atoms with Crippen molar-refractivity contribution in [3.8, 4) is 0 Å². The fourth-order valence-electron chi connectivity index (χ4n) is 2.33. The highest BCUT2D eigenvalue weighted by atomic mass is 32.2. The Hall–Kier alpha value is -1.14. The zero-order valence-corrected chi connectivity index (χ0v) is 11.2. The summed E-state index contributed by atoms with van der Waals surface area (Å²) in [6.45, 7) is 4.32. The Balaban J connectivity index is 1.98. The summed E-state index contributed by atoms with van der Waals surface area (Å²) in [4.78, 5) is 16.1. The lowest BCUT2D eigenvalue weighted by Crippen LogP contribution is -2.39. The van der Waals surface area contributed by atoms with Crippen LogP contribution in [0.3, 0.4) is 0 Å². The maximum absolute atomic E-state index is 12.1. The molecule has 1 aliphatic heterocycles. The van der Waals surface area contributed by atoms with Gasteiger partial charge in [0.25, 0.3) is 0 Å². The van der Waals surface area contributed by atoms with Crippen LogP contribution in [0.2, 0.25) is 0 Å². The zero-order chi connectivity index (χ0) is 13.1. The number of hydrogen-bond acceptors (Lipinski definition) is 3. The molecule has 0 saturated carbocycles. The van der Waals surface area contributed by atoms with E-state index in [1.165, 1.54) is 0 Å². The van der Waals surface area contributed by atoms with E-state index in [-0.39, 0.29) is 12.1 Å². The minimum atomic E-state index is -2.18. The number of allylic oxidation sites excluding steroid dienone is 1. The van der Waals surface area contributed by atoms with Gasteiger partial charge in [-0.05, 0) is 30.0 Å². The van der Waals surface area contributed by atoms with Gasteiger partial charge in [0.05, 0.1) is 6.04 Å². The Morgan fingerprint density at radius 2 is 2.28 bits per heavy atom. The van der Waals surface area contributed by atoms with E-state index in [1.807, 2.05) is 9.80 Å². The number of carbonyl (C=O) groups excluding carboxylic acids is 1. The Kier molecular flexibility index (Phi) is 4.19. The molecule has 0 bridgehead atoms. The van der Waals surface area contributed by atoms with Crippen LogP contribution in [-0.2, 0) is 11.1 Å². The van der Waals surface area contributed by atoms with Gasteiger partial charge in [-0.15, -0.1) is 0 Å². The van der Waals surface area contributed by atoms with Crippen LogP contribution in [0.15, 0.2) is 23.1 Å². The molecule has 2 unspecified atom stereocenters. The normalized spacial score (nSPS) is 25.6. The molecule has 1 heterocycles. The fourth-order valence-corrected chi connectivity index (χ4v) is 2.75. The monoisotopic (exact) mass is 269 g/mol. The molecular formula is C12H17N2O3S-. The molecule has 6 heteroatoms. The van der Waals surface area contributed by atoms with Crippen LogP contribution >= 0.6 is 0 Å². The third-order valence-electron chi connectivity index (χ3n) is 3.26. The predicted molar refractivity (Wildman–Crippen MR) is 68.5 cm³/mol. The van der Waals surface area contributed by atoms with Crippen LogP contribution in [0.5, 0.6) is 0 Å². The molecule has 1 saturated heterocycles. The van der Waals surface area contributed by atoms with Gasteiger partial charge in [0, 0.05) is 24.5 Å². The SMILES string of the molecule is CCCN1CCN(C2C=CC(S(=O)[O-])=CC2)C1=O. The molecule has 0 radical (unpaired) electrons. The van der Waals surface area contributed by atoms with E-state index < -0.39 is 11.1 Å². The van der Waals surface area contributed by atoms with E-state index >= 15 is 0 Å². The fraction of sp³-hybridized carbons (Fsp3) is 0.583. The highest BCUT2D eigenvalue weighted by Crippen LogP contribution is 2.21. The van der Waals surface area contributed by atoms with Gasteiger partial charge in [-0.25, -0.2) is 4.79 Å². The van der Waals surface area contributed by atoms with Gasteiger partial charge in [-0.3, -0.25) is 4.21 Å². The van der Waals surface area contributed by atoms with Gasteiger partial charge in [0.15, 0.2) is 0 Å². The van der Waals surface area contributed by atoms with E-state index in [1.54, 1.807) is 18.2 Å². The van der Waals surface area contributed by atoms with Crippen molar-refractivity contribution in [1.29, 1.82) is 0 Å². The minimum absolute atomic E-state index is 0.00773. The van der Waals surface area contributed by atoms with E-state index in [0.29, 0.717) is 11.3 Å². The smallest absolute Gasteiger partial charge is 0.320 e. The van der Waals surface area contributed by atoms with E-state index in [2.05, 4.69) is 6.92 Å². The number of carbonyl (C=O) groups is 1. The molecule has 0 aromatic rings. The van der Waals surface area contributed by atoms with Gasteiger partial charge >= 0.3 is 6.03 Å². The number of rotatable bonds is 4. The summed E-state index contributed by atoms with van der Waals surface area (Å²) in [6, 6.07) is 0.0539. The van der Waals surface area contributed by atoms with Gasteiger partial charge in [-0.2, -0.15) is 0 Å². The second kappa shape index (κ2) is 5.67. The lowest BCUT2D eigenvalue weighted by molar-refractivity contribution is 0.184. The lowest BCUT2D eigenvalue weighted by Gasteiger charge is -2.27. The van der Waals surface area contributed by atoms with Crippen LogP contribution < -0.4 is 0 Å². The van der Waals surface area contributed by atoms with Crippen molar-refractivity contribution < 1.29 is 13.6 Å². The van der Waals surface area contributed by atoms with E-state index in [9.17, 15) is 13.6 Å². The molecule has 5 nitrogen and oxygen atoms in total. The first-order valence-corrected chi connectivity index (χ1v) is 7.24. The van der Waals surface area contributed by atoms with Crippen molar-refractivity contribution in [3.63, 3.8) is 0 Å². The maximum atomic E-state index is 12.1. The molecule has 2 atom stereocenters. The molecule has 0 spiro atoms. The maximum Gasteiger partial charge on any atom is 0.320 e. The van der Waals surface area contributed by atoms with Crippen molar-refractivity contribution in [2.45, 2.75) is 25.8 Å². The Labute approximate surface area is 109 Å². The molecule has 18 heavy (non-hydrogen) atoms. The van der Waals surface area contributed by atoms with E-state index in [0.717, 1.165) is 26.1 Å². The summed E-state index contributed by atoms with van der Waals surface area (Å²) in [7, 11) is 0. The molecule has 0 aromatic carbocycles. The molecule has 1 aliphatic carbocycles. The second-order valence-corrected chi connectivity index (χ2v) is 5.41. The quantitative estimate of drug-likeness (QED) is 0.721. The average Bonchev–Trinajstić information content (AvgIpc) is 2.72. The molecule has 0 N–H and O–H groups in total. The van der Waals surface area contributed by atoms with Crippen molar-refractivity contribution in [3.05, 3.63) is 23.1 Å². The summed E-state index contributed by atoms with van der Waals surface area (Å²) in [5.74, 6) is 0.